The maximum atomic E-state index is 14.7. The minimum absolute atomic E-state index is 0.0584. The molecule has 2 saturated heterocycles. The van der Waals surface area contributed by atoms with Crippen LogP contribution < -0.4 is 0 Å². The van der Waals surface area contributed by atoms with Gasteiger partial charge in [0.25, 0.3) is 0 Å². The molecule has 6 fully saturated rings. The van der Waals surface area contributed by atoms with E-state index in [0.717, 1.165) is 5.57 Å². The summed E-state index contributed by atoms with van der Waals surface area (Å²) in [5.41, 5.74) is -2.01. The molecule has 4 aliphatic carbocycles. The van der Waals surface area contributed by atoms with E-state index in [9.17, 15) is 50.4 Å². The number of esters is 2. The molecule has 0 spiro atoms. The van der Waals surface area contributed by atoms with Crippen molar-refractivity contribution in [3.63, 3.8) is 0 Å². The fourth-order valence-electron chi connectivity index (χ4n) is 11.2. The summed E-state index contributed by atoms with van der Waals surface area (Å²) < 4.78 is 28.7. The van der Waals surface area contributed by atoms with Gasteiger partial charge in [-0.1, -0.05) is 6.92 Å². The molecule has 3 aliphatic heterocycles. The van der Waals surface area contributed by atoms with Gasteiger partial charge in [0.15, 0.2) is 6.29 Å². The van der Waals surface area contributed by atoms with Crippen molar-refractivity contribution in [1.29, 1.82) is 0 Å². The number of carbonyl (C=O) groups is 2. The molecule has 8 N–H and O–H groups in total. The summed E-state index contributed by atoms with van der Waals surface area (Å²) in [7, 11) is 0. The summed E-state index contributed by atoms with van der Waals surface area (Å²) in [6, 6.07) is 0. The summed E-state index contributed by atoms with van der Waals surface area (Å²) in [6.45, 7) is 3.16. The average molecular weight is 713 g/mol. The lowest BCUT2D eigenvalue weighted by molar-refractivity contribution is -0.313. The number of hydrogen-bond donors (Lipinski definition) is 8. The van der Waals surface area contributed by atoms with Crippen LogP contribution in [0.15, 0.2) is 11.6 Å². The molecule has 0 unspecified atom stereocenters. The molecule has 0 bridgehead atoms. The molecule has 18 atom stereocenters. The van der Waals surface area contributed by atoms with Crippen LogP contribution in [0.25, 0.3) is 0 Å². The third kappa shape index (κ3) is 5.49. The van der Waals surface area contributed by atoms with Crippen molar-refractivity contribution in [3.8, 4) is 0 Å². The summed E-state index contributed by atoms with van der Waals surface area (Å²) in [5, 5.41) is 85.2. The molecule has 282 valence electrons. The highest BCUT2D eigenvalue weighted by atomic mass is 16.7. The van der Waals surface area contributed by atoms with E-state index in [-0.39, 0.29) is 42.7 Å². The minimum atomic E-state index is -1.78. The Labute approximate surface area is 290 Å². The second-order valence-corrected chi connectivity index (χ2v) is 16.1. The van der Waals surface area contributed by atoms with E-state index < -0.39 is 96.5 Å². The first kappa shape index (κ1) is 36.6. The number of rotatable bonds is 6. The normalized spacial score (nSPS) is 53.4. The van der Waals surface area contributed by atoms with E-state index in [1.54, 1.807) is 13.0 Å². The summed E-state index contributed by atoms with van der Waals surface area (Å²) in [5.74, 6) is -2.09. The summed E-state index contributed by atoms with van der Waals surface area (Å²) in [6.07, 6.45) is -8.89. The van der Waals surface area contributed by atoms with Gasteiger partial charge >= 0.3 is 11.9 Å². The maximum Gasteiger partial charge on any atom is 0.331 e. The number of aliphatic hydroxyl groups excluding tert-OH is 7. The van der Waals surface area contributed by atoms with Gasteiger partial charge in [-0.3, -0.25) is 4.79 Å². The Kier molecular flexibility index (Phi) is 9.71. The average Bonchev–Trinajstić information content (AvgIpc) is 3.65. The van der Waals surface area contributed by atoms with Crippen molar-refractivity contribution < 1.29 is 74.1 Å². The molecule has 15 heteroatoms. The third-order valence-corrected chi connectivity index (χ3v) is 14.0. The maximum absolute atomic E-state index is 14.7. The highest BCUT2D eigenvalue weighted by molar-refractivity contribution is 5.85. The lowest BCUT2D eigenvalue weighted by Gasteiger charge is -2.63. The molecule has 0 aromatic carbocycles. The molecule has 15 nitrogen and oxygen atoms in total. The quantitative estimate of drug-likeness (QED) is 0.119. The molecule has 50 heavy (non-hydrogen) atoms. The van der Waals surface area contributed by atoms with Gasteiger partial charge in [0.05, 0.1) is 29.8 Å². The van der Waals surface area contributed by atoms with Gasteiger partial charge in [-0.05, 0) is 94.0 Å². The molecule has 0 amide bonds. The zero-order valence-electron chi connectivity index (χ0n) is 28.5. The number of carbonyl (C=O) groups excluding carboxylic acids is 2. The van der Waals surface area contributed by atoms with E-state index >= 15 is 0 Å². The van der Waals surface area contributed by atoms with E-state index in [1.165, 1.54) is 0 Å². The van der Waals surface area contributed by atoms with E-state index in [2.05, 4.69) is 6.92 Å². The first-order chi connectivity index (χ1) is 23.7. The van der Waals surface area contributed by atoms with Crippen LogP contribution in [0.3, 0.4) is 0 Å². The van der Waals surface area contributed by atoms with Crippen molar-refractivity contribution in [1.82, 2.24) is 0 Å². The van der Waals surface area contributed by atoms with Gasteiger partial charge < -0.3 is 64.5 Å². The van der Waals surface area contributed by atoms with Crippen LogP contribution in [0.2, 0.25) is 0 Å². The molecule has 0 aromatic rings. The van der Waals surface area contributed by atoms with Crippen molar-refractivity contribution in [2.45, 2.75) is 145 Å². The van der Waals surface area contributed by atoms with Crippen LogP contribution in [0.5, 0.6) is 0 Å². The van der Waals surface area contributed by atoms with Crippen LogP contribution >= 0.6 is 0 Å². The van der Waals surface area contributed by atoms with Crippen molar-refractivity contribution in [3.05, 3.63) is 11.6 Å². The van der Waals surface area contributed by atoms with E-state index in [0.29, 0.717) is 51.4 Å². The fraction of sp³-hybridized carbons (Fsp3) is 0.886. The van der Waals surface area contributed by atoms with Gasteiger partial charge in [0.1, 0.15) is 49.3 Å². The van der Waals surface area contributed by atoms with Crippen molar-refractivity contribution in [2.24, 2.45) is 34.5 Å². The van der Waals surface area contributed by atoms with Gasteiger partial charge in [0.2, 0.25) is 6.29 Å². The Balaban J connectivity index is 1.18. The predicted molar refractivity (Wildman–Crippen MR) is 167 cm³/mol. The SMILES string of the molecule is C[C@@H]1O[C@@H](O[C@H]2CC[C@@]3(C(=O)O[C@@H]4O[C@H](CO)[C@@H](O)[C@H](O)[C@H]4O)[C@@H](CC[C@@H]4[C@@H]3CC[C@]3(C)[C@@H](C5=CC(=O)OC5)CC[C@]43O)C2)[C@H](O)[C@H](O)[C@H]1O. The largest absolute Gasteiger partial charge is 0.458 e. The smallest absolute Gasteiger partial charge is 0.331 e. The topological polar surface area (TPSA) is 242 Å². The highest BCUT2D eigenvalue weighted by Gasteiger charge is 2.71. The molecule has 0 aromatic heterocycles. The van der Waals surface area contributed by atoms with Crippen molar-refractivity contribution >= 4 is 11.9 Å². The Morgan fingerprint density at radius 2 is 1.58 bits per heavy atom. The molecule has 7 aliphatic rings. The van der Waals surface area contributed by atoms with Crippen LogP contribution in [-0.4, -0.2) is 139 Å². The fourth-order valence-corrected chi connectivity index (χ4v) is 11.2. The van der Waals surface area contributed by atoms with E-state index in [4.69, 9.17) is 23.7 Å². The van der Waals surface area contributed by atoms with E-state index in [1.807, 2.05) is 0 Å². The van der Waals surface area contributed by atoms with Gasteiger partial charge in [0, 0.05) is 11.5 Å². The molecule has 0 radical (unpaired) electrons. The van der Waals surface area contributed by atoms with Gasteiger partial charge in [-0.25, -0.2) is 4.79 Å². The lowest BCUT2D eigenvalue weighted by Crippen LogP contribution is -2.66. The predicted octanol–water partition coefficient (Wildman–Crippen LogP) is -1.22. The number of ether oxygens (including phenoxy) is 5. The zero-order chi connectivity index (χ0) is 35.9. The Morgan fingerprint density at radius 3 is 2.28 bits per heavy atom. The highest BCUT2D eigenvalue weighted by Crippen LogP contribution is 2.70. The standard InChI is InChI=1S/C35H52O15/c1-15-24(38)26(40)28(42)30(47-15)48-18-5-9-34(32(44)50-31-29(43)27(41)25(39)22(13-36)49-31)17(12-18)3-4-21-20(34)6-8-33(2)19(7-10-35(21,33)45)16-11-23(37)46-14-16/h11,15,17-22,24-31,36,38-43,45H,3-10,12-14H2,1-2H3/t15-,17-,18-,19+,20-,21+,22+,24-,25+,26+,27-,28+,29+,30-,31-,33+,34+,35-/m0/s1. The Morgan fingerprint density at radius 1 is 0.860 bits per heavy atom. The third-order valence-electron chi connectivity index (χ3n) is 14.0. The number of cyclic esters (lactones) is 1. The van der Waals surface area contributed by atoms with Crippen LogP contribution in [0.4, 0.5) is 0 Å². The minimum Gasteiger partial charge on any atom is -0.458 e. The summed E-state index contributed by atoms with van der Waals surface area (Å²) in [4.78, 5) is 26.7. The van der Waals surface area contributed by atoms with Crippen LogP contribution in [0.1, 0.15) is 71.6 Å². The Hall–Kier alpha value is -1.76. The number of fused-ring (bicyclic) bond motifs is 5. The first-order valence-electron chi connectivity index (χ1n) is 18.1. The second kappa shape index (κ2) is 13.3. The van der Waals surface area contributed by atoms with Gasteiger partial charge in [-0.2, -0.15) is 0 Å². The second-order valence-electron chi connectivity index (χ2n) is 16.1. The lowest BCUT2D eigenvalue weighted by atomic mass is 9.42. The molecular formula is C35H52O15. The molecule has 3 heterocycles. The molecule has 4 saturated carbocycles. The van der Waals surface area contributed by atoms with Crippen molar-refractivity contribution in [2.75, 3.05) is 13.2 Å². The zero-order valence-corrected chi connectivity index (χ0v) is 28.5. The monoisotopic (exact) mass is 712 g/mol. The number of aliphatic hydroxyl groups is 8. The first-order valence-corrected chi connectivity index (χ1v) is 18.1. The number of hydrogen-bond acceptors (Lipinski definition) is 15. The van der Waals surface area contributed by atoms with Crippen LogP contribution in [0, 0.1) is 34.5 Å². The Bertz CT molecular complexity index is 1340. The van der Waals surface area contributed by atoms with Gasteiger partial charge in [-0.15, -0.1) is 0 Å². The molecular weight excluding hydrogens is 660 g/mol. The molecule has 7 rings (SSSR count). The summed E-state index contributed by atoms with van der Waals surface area (Å²) >= 11 is 0. The van der Waals surface area contributed by atoms with Crippen LogP contribution in [-0.2, 0) is 33.3 Å².